The Bertz CT molecular complexity index is 1190. The van der Waals surface area contributed by atoms with Gasteiger partial charge in [-0.15, -0.1) is 11.8 Å². The van der Waals surface area contributed by atoms with Crippen molar-refractivity contribution in [3.05, 3.63) is 53.6 Å². The lowest BCUT2D eigenvalue weighted by molar-refractivity contribution is -0.155. The number of esters is 1. The van der Waals surface area contributed by atoms with Crippen molar-refractivity contribution >= 4 is 46.8 Å². The summed E-state index contributed by atoms with van der Waals surface area (Å²) in [7, 11) is 0. The average Bonchev–Trinajstić information content (AvgIpc) is 3.20. The second kappa shape index (κ2) is 10.4. The van der Waals surface area contributed by atoms with Crippen LogP contribution in [0.4, 0.5) is 5.69 Å². The molecule has 1 aromatic carbocycles. The molecule has 2 fully saturated rings. The van der Waals surface area contributed by atoms with Gasteiger partial charge in [0.2, 0.25) is 5.91 Å². The molecule has 0 bridgehead atoms. The lowest BCUT2D eigenvalue weighted by Gasteiger charge is -2.41. The first-order valence-electron chi connectivity index (χ1n) is 13.4. The quantitative estimate of drug-likeness (QED) is 0.439. The monoisotopic (exact) mass is 558 g/mol. The molecule has 7 nitrogen and oxygen atoms in total. The predicted molar refractivity (Wildman–Crippen MR) is 149 cm³/mol. The topological polar surface area (TPSA) is 87.2 Å². The molecule has 9 heteroatoms. The number of hydrogen-bond donors (Lipinski definition) is 1. The third-order valence-electron chi connectivity index (χ3n) is 8.40. The van der Waals surface area contributed by atoms with E-state index in [1.54, 1.807) is 28.0 Å². The van der Waals surface area contributed by atoms with Gasteiger partial charge in [-0.2, -0.15) is 0 Å². The van der Waals surface area contributed by atoms with Crippen LogP contribution in [0.15, 0.2) is 48.6 Å². The number of aliphatic hydroxyl groups is 1. The fourth-order valence-electron chi connectivity index (χ4n) is 6.60. The van der Waals surface area contributed by atoms with E-state index in [2.05, 4.69) is 6.08 Å². The molecule has 4 heterocycles. The number of carbonyl (C=O) groups excluding carboxylic acids is 3. The highest BCUT2D eigenvalue weighted by atomic mass is 35.5. The van der Waals surface area contributed by atoms with Crippen molar-refractivity contribution in [2.75, 3.05) is 24.7 Å². The lowest BCUT2D eigenvalue weighted by Crippen LogP contribution is -2.58. The number of carbonyl (C=O) groups is 3. The third-order valence-corrected chi connectivity index (χ3v) is 10.5. The van der Waals surface area contributed by atoms with Gasteiger partial charge in [0.1, 0.15) is 6.04 Å². The van der Waals surface area contributed by atoms with Gasteiger partial charge in [-0.05, 0) is 44.2 Å². The van der Waals surface area contributed by atoms with Gasteiger partial charge in [0, 0.05) is 11.3 Å². The van der Waals surface area contributed by atoms with Crippen LogP contribution in [-0.2, 0) is 19.1 Å². The number of thioether (sulfide) groups is 1. The highest BCUT2D eigenvalue weighted by molar-refractivity contribution is 8.02. The van der Waals surface area contributed by atoms with Gasteiger partial charge in [-0.25, -0.2) is 0 Å². The maximum absolute atomic E-state index is 14.6. The molecule has 1 aromatic rings. The van der Waals surface area contributed by atoms with E-state index in [0.717, 1.165) is 19.3 Å². The van der Waals surface area contributed by atoms with Crippen LogP contribution in [0.3, 0.4) is 0 Å². The molecule has 38 heavy (non-hydrogen) atoms. The minimum absolute atomic E-state index is 0.110. The molecular weight excluding hydrogens is 524 g/mol. The zero-order valence-electron chi connectivity index (χ0n) is 22.0. The first-order chi connectivity index (χ1) is 18.2. The Kier molecular flexibility index (Phi) is 7.44. The van der Waals surface area contributed by atoms with Gasteiger partial charge < -0.3 is 19.6 Å². The summed E-state index contributed by atoms with van der Waals surface area (Å²) in [5, 5.41) is 10.9. The largest absolute Gasteiger partial charge is 0.465 e. The van der Waals surface area contributed by atoms with Crippen molar-refractivity contribution in [3.8, 4) is 0 Å². The highest BCUT2D eigenvalue weighted by Gasteiger charge is 2.74. The van der Waals surface area contributed by atoms with E-state index in [0.29, 0.717) is 17.3 Å². The minimum Gasteiger partial charge on any atom is -0.465 e. The molecule has 0 radical (unpaired) electrons. The number of ether oxygens (including phenoxy) is 1. The van der Waals surface area contributed by atoms with Gasteiger partial charge >= 0.3 is 5.97 Å². The Morgan fingerprint density at radius 3 is 2.58 bits per heavy atom. The van der Waals surface area contributed by atoms with Crippen LogP contribution in [0.5, 0.6) is 0 Å². The number of anilines is 1. The number of allylic oxidation sites excluding steroid dienone is 1. The van der Waals surface area contributed by atoms with Crippen LogP contribution in [0.2, 0.25) is 5.02 Å². The maximum Gasteiger partial charge on any atom is 0.311 e. The number of likely N-dealkylation sites (tertiary alicyclic amines) is 1. The Morgan fingerprint density at radius 1 is 1.11 bits per heavy atom. The number of para-hydroxylation sites is 1. The highest BCUT2D eigenvalue weighted by Crippen LogP contribution is 2.65. The molecule has 1 N–H and O–H groups in total. The van der Waals surface area contributed by atoms with Crippen LogP contribution in [0, 0.1) is 17.8 Å². The van der Waals surface area contributed by atoms with Crippen molar-refractivity contribution < 1.29 is 24.2 Å². The van der Waals surface area contributed by atoms with Crippen LogP contribution < -0.4 is 4.90 Å². The fourth-order valence-corrected chi connectivity index (χ4v) is 8.98. The van der Waals surface area contributed by atoms with E-state index >= 15 is 0 Å². The minimum atomic E-state index is -1.01. The number of rotatable bonds is 4. The van der Waals surface area contributed by atoms with Crippen LogP contribution >= 0.6 is 23.4 Å². The second-order valence-corrected chi connectivity index (χ2v) is 13.3. The molecule has 0 aromatic heterocycles. The second-order valence-electron chi connectivity index (χ2n) is 11.1. The summed E-state index contributed by atoms with van der Waals surface area (Å²) < 4.78 is 3.97. The van der Waals surface area contributed by atoms with E-state index in [-0.39, 0.29) is 30.9 Å². The summed E-state index contributed by atoms with van der Waals surface area (Å²) in [5.41, 5.74) is 0.564. The molecule has 4 aliphatic heterocycles. The summed E-state index contributed by atoms with van der Waals surface area (Å²) in [5.74, 6) is -2.64. The average molecular weight is 559 g/mol. The fraction of sp³-hybridized carbons (Fsp3) is 0.552. The number of fused-ring (bicyclic) bond motifs is 2. The number of aliphatic hydroxyl groups excluding tert-OH is 1. The number of hydrogen-bond acceptors (Lipinski definition) is 6. The molecule has 1 spiro atoms. The predicted octanol–water partition coefficient (Wildman–Crippen LogP) is 4.23. The zero-order chi connectivity index (χ0) is 27.2. The number of amides is 2. The van der Waals surface area contributed by atoms with Gasteiger partial charge in [-0.3, -0.25) is 14.4 Å². The van der Waals surface area contributed by atoms with E-state index < -0.39 is 39.4 Å². The summed E-state index contributed by atoms with van der Waals surface area (Å²) >= 11 is 8.04. The molecule has 4 aliphatic rings. The van der Waals surface area contributed by atoms with Crippen molar-refractivity contribution in [2.45, 2.75) is 61.6 Å². The zero-order valence-corrected chi connectivity index (χ0v) is 23.6. The summed E-state index contributed by atoms with van der Waals surface area (Å²) in [6.45, 7) is 6.13. The van der Waals surface area contributed by atoms with Gasteiger partial charge in [0.25, 0.3) is 5.91 Å². The lowest BCUT2D eigenvalue weighted by atomic mass is 9.74. The third kappa shape index (κ3) is 4.20. The molecule has 2 saturated heterocycles. The molecule has 2 amide bonds. The van der Waals surface area contributed by atoms with Crippen molar-refractivity contribution in [1.29, 1.82) is 0 Å². The van der Waals surface area contributed by atoms with Gasteiger partial charge in [0.15, 0.2) is 0 Å². The van der Waals surface area contributed by atoms with Gasteiger partial charge in [-0.1, -0.05) is 61.9 Å². The maximum atomic E-state index is 14.6. The number of halogens is 1. The van der Waals surface area contributed by atoms with Crippen LogP contribution in [0.1, 0.15) is 40.0 Å². The Hall–Kier alpha value is -2.29. The first-order valence-corrected chi connectivity index (χ1v) is 14.6. The van der Waals surface area contributed by atoms with E-state index in [4.69, 9.17) is 16.3 Å². The number of cyclic esters (lactones) is 1. The van der Waals surface area contributed by atoms with E-state index in [1.165, 1.54) is 11.8 Å². The standard InChI is InChI=1S/C29H35ClN2O5S/c1-18(2)21(17-33)32-24-26(35)31(20-12-7-6-11-19(20)30)15-10-14-29(24)22(25(32)34)23-27(36)37-16-9-5-4-8-13-28(23,3)38-29/h6-8,10-14,18,21-24,33H,4-5,9,15-17H2,1-3H3/b13-8-/t21-,22-,23+,24?,28-,29-/m0/s1. The SMILES string of the molecule is CC(C)[C@H](CO)N1C(=O)[C@@H]2[C@@H]3C(=O)OCCCC/C=C\[C@]3(C)S[C@@]23C=CCN(c2ccccc2Cl)C(=O)C13. The summed E-state index contributed by atoms with van der Waals surface area (Å²) in [6.07, 6.45) is 10.5. The summed E-state index contributed by atoms with van der Waals surface area (Å²) in [6, 6.07) is 5.65. The van der Waals surface area contributed by atoms with Gasteiger partial charge in [0.05, 0.1) is 46.5 Å². The number of nitrogens with zero attached hydrogens (tertiary/aromatic N) is 2. The molecule has 204 valence electrons. The summed E-state index contributed by atoms with van der Waals surface area (Å²) in [4.78, 5) is 45.8. The van der Waals surface area contributed by atoms with Crippen molar-refractivity contribution in [1.82, 2.24) is 4.90 Å². The van der Waals surface area contributed by atoms with E-state index in [9.17, 15) is 19.5 Å². The molecular formula is C29H35ClN2O5S. The molecule has 0 saturated carbocycles. The smallest absolute Gasteiger partial charge is 0.311 e. The van der Waals surface area contributed by atoms with E-state index in [1.807, 2.05) is 45.1 Å². The Balaban J connectivity index is 1.70. The van der Waals surface area contributed by atoms with Crippen LogP contribution in [0.25, 0.3) is 0 Å². The van der Waals surface area contributed by atoms with Crippen molar-refractivity contribution in [3.63, 3.8) is 0 Å². The number of benzene rings is 1. The first kappa shape index (κ1) is 27.3. The molecule has 6 atom stereocenters. The molecule has 0 aliphatic carbocycles. The molecule has 5 rings (SSSR count). The Morgan fingerprint density at radius 2 is 1.87 bits per heavy atom. The van der Waals surface area contributed by atoms with Crippen LogP contribution in [-0.4, -0.2) is 69.1 Å². The Labute approximate surface area is 233 Å². The molecule has 1 unspecified atom stereocenters. The normalized spacial score (nSPS) is 34.9. The van der Waals surface area contributed by atoms with Crippen molar-refractivity contribution in [2.24, 2.45) is 17.8 Å².